The molecule has 59 heavy (non-hydrogen) atoms. The second-order valence-corrected chi connectivity index (χ2v) is 14.8. The molecule has 11 aromatic rings. The summed E-state index contributed by atoms with van der Waals surface area (Å²) in [5, 5.41) is 4.44. The predicted octanol–water partition coefficient (Wildman–Crippen LogP) is 14.6. The summed E-state index contributed by atoms with van der Waals surface area (Å²) in [6.45, 7) is 0. The Morgan fingerprint density at radius 2 is 0.712 bits per heavy atom. The molecule has 11 rings (SSSR count). The van der Waals surface area contributed by atoms with Crippen LogP contribution in [0.1, 0.15) is 0 Å². The summed E-state index contributed by atoms with van der Waals surface area (Å²) in [6, 6.07) is 74.1. The summed E-state index contributed by atoms with van der Waals surface area (Å²) in [5.74, 6) is 1.87. The molecule has 2 aromatic heterocycles. The standard InChI is InChI=1S/C55H35N3O/c1-4-11-36(12-5-1)39-19-25-42(26-20-39)53-56-54(43-27-21-40(22-28-43)37-13-6-2-7-14-37)58-55(57-53)46-30-24-41-23-29-45(33-47(41)34-46)48-17-10-18-51-52(48)49-35-44(31-32-50(49)59-51)38-15-8-3-9-16-38/h1-35H. The number of fused-ring (bicyclic) bond motifs is 4. The van der Waals surface area contributed by atoms with Gasteiger partial charge in [-0.2, -0.15) is 0 Å². The average molecular weight is 754 g/mol. The Bertz CT molecular complexity index is 3180. The quantitative estimate of drug-likeness (QED) is 0.163. The highest BCUT2D eigenvalue weighted by atomic mass is 16.3. The van der Waals surface area contributed by atoms with Crippen molar-refractivity contribution in [3.8, 4) is 78.7 Å². The van der Waals surface area contributed by atoms with E-state index in [-0.39, 0.29) is 0 Å². The Morgan fingerprint density at radius 3 is 1.29 bits per heavy atom. The Balaban J connectivity index is 1.02. The molecule has 0 spiro atoms. The third kappa shape index (κ3) is 6.53. The molecule has 2 heterocycles. The molecule has 0 amide bonds. The van der Waals surface area contributed by atoms with E-state index < -0.39 is 0 Å². The molecule has 0 radical (unpaired) electrons. The number of aromatic nitrogens is 3. The minimum atomic E-state index is 0.618. The normalized spacial score (nSPS) is 11.4. The van der Waals surface area contributed by atoms with Crippen molar-refractivity contribution in [2.24, 2.45) is 0 Å². The smallest absolute Gasteiger partial charge is 0.164 e. The monoisotopic (exact) mass is 753 g/mol. The largest absolute Gasteiger partial charge is 0.456 e. The molecule has 0 bridgehead atoms. The minimum Gasteiger partial charge on any atom is -0.456 e. The lowest BCUT2D eigenvalue weighted by atomic mass is 9.95. The summed E-state index contributed by atoms with van der Waals surface area (Å²) in [7, 11) is 0. The first-order valence-corrected chi connectivity index (χ1v) is 19.8. The number of benzene rings is 9. The lowest BCUT2D eigenvalue weighted by molar-refractivity contribution is 0.669. The van der Waals surface area contributed by atoms with Gasteiger partial charge < -0.3 is 4.42 Å². The Kier molecular flexibility index (Phi) is 8.45. The van der Waals surface area contributed by atoms with E-state index in [0.29, 0.717) is 17.5 Å². The fraction of sp³-hybridized carbons (Fsp3) is 0. The van der Waals surface area contributed by atoms with Crippen LogP contribution in [0.2, 0.25) is 0 Å². The van der Waals surface area contributed by atoms with Crippen LogP contribution in [-0.2, 0) is 0 Å². The third-order valence-corrected chi connectivity index (χ3v) is 11.1. The van der Waals surface area contributed by atoms with Gasteiger partial charge in [0.2, 0.25) is 0 Å². The zero-order valence-corrected chi connectivity index (χ0v) is 32.0. The number of rotatable bonds is 7. The van der Waals surface area contributed by atoms with Crippen molar-refractivity contribution < 1.29 is 4.42 Å². The molecule has 0 saturated carbocycles. The molecule has 0 unspecified atom stereocenters. The van der Waals surface area contributed by atoms with E-state index in [1.54, 1.807) is 0 Å². The van der Waals surface area contributed by atoms with Gasteiger partial charge in [0.25, 0.3) is 0 Å². The Morgan fingerprint density at radius 1 is 0.271 bits per heavy atom. The van der Waals surface area contributed by atoms with Crippen LogP contribution in [0.15, 0.2) is 217 Å². The second-order valence-electron chi connectivity index (χ2n) is 14.8. The maximum absolute atomic E-state index is 6.40. The Hall–Kier alpha value is -7.95. The first kappa shape index (κ1) is 34.3. The van der Waals surface area contributed by atoms with Crippen LogP contribution < -0.4 is 0 Å². The predicted molar refractivity (Wildman–Crippen MR) is 243 cm³/mol. The zero-order chi connectivity index (χ0) is 39.1. The van der Waals surface area contributed by atoms with Gasteiger partial charge in [0.1, 0.15) is 11.2 Å². The lowest BCUT2D eigenvalue weighted by Crippen LogP contribution is -2.00. The van der Waals surface area contributed by atoms with E-state index in [0.717, 1.165) is 77.2 Å². The highest BCUT2D eigenvalue weighted by Crippen LogP contribution is 2.40. The van der Waals surface area contributed by atoms with Crippen molar-refractivity contribution in [1.82, 2.24) is 15.0 Å². The molecular weight excluding hydrogens is 719 g/mol. The lowest BCUT2D eigenvalue weighted by Gasteiger charge is -2.11. The van der Waals surface area contributed by atoms with E-state index in [9.17, 15) is 0 Å². The minimum absolute atomic E-state index is 0.618. The van der Waals surface area contributed by atoms with Crippen LogP contribution in [0.4, 0.5) is 0 Å². The highest BCUT2D eigenvalue weighted by molar-refractivity contribution is 6.13. The highest BCUT2D eigenvalue weighted by Gasteiger charge is 2.16. The van der Waals surface area contributed by atoms with E-state index in [1.165, 1.54) is 16.7 Å². The molecule has 0 saturated heterocycles. The fourth-order valence-electron chi connectivity index (χ4n) is 8.08. The first-order valence-electron chi connectivity index (χ1n) is 19.8. The number of hydrogen-bond donors (Lipinski definition) is 0. The van der Waals surface area contributed by atoms with Crippen molar-refractivity contribution in [3.05, 3.63) is 212 Å². The van der Waals surface area contributed by atoms with E-state index in [2.05, 4.69) is 194 Å². The molecule has 4 nitrogen and oxygen atoms in total. The number of hydrogen-bond acceptors (Lipinski definition) is 4. The van der Waals surface area contributed by atoms with Gasteiger partial charge >= 0.3 is 0 Å². The van der Waals surface area contributed by atoms with Crippen molar-refractivity contribution in [2.45, 2.75) is 0 Å². The first-order chi connectivity index (χ1) is 29.2. The van der Waals surface area contributed by atoms with Crippen LogP contribution in [0, 0.1) is 0 Å². The Labute approximate surface area is 341 Å². The summed E-state index contributed by atoms with van der Waals surface area (Å²) in [5.41, 5.74) is 13.7. The molecule has 9 aromatic carbocycles. The van der Waals surface area contributed by atoms with Crippen molar-refractivity contribution in [1.29, 1.82) is 0 Å². The van der Waals surface area contributed by atoms with Gasteiger partial charge in [0.15, 0.2) is 17.5 Å². The summed E-state index contributed by atoms with van der Waals surface area (Å²) < 4.78 is 6.40. The van der Waals surface area contributed by atoms with Crippen molar-refractivity contribution in [3.63, 3.8) is 0 Å². The van der Waals surface area contributed by atoms with Gasteiger partial charge in [-0.1, -0.05) is 182 Å². The molecule has 0 aliphatic heterocycles. The number of furan rings is 1. The summed E-state index contributed by atoms with van der Waals surface area (Å²) in [6.07, 6.45) is 0. The van der Waals surface area contributed by atoms with Gasteiger partial charge in [0.05, 0.1) is 0 Å². The van der Waals surface area contributed by atoms with E-state index in [1.807, 2.05) is 18.2 Å². The maximum Gasteiger partial charge on any atom is 0.164 e. The second kappa shape index (κ2) is 14.5. The molecule has 0 atom stereocenters. The van der Waals surface area contributed by atoms with Crippen LogP contribution in [0.5, 0.6) is 0 Å². The van der Waals surface area contributed by atoms with Gasteiger partial charge in [-0.15, -0.1) is 0 Å². The molecule has 0 N–H and O–H groups in total. The van der Waals surface area contributed by atoms with Crippen molar-refractivity contribution >= 4 is 32.7 Å². The summed E-state index contributed by atoms with van der Waals surface area (Å²) in [4.78, 5) is 15.3. The van der Waals surface area contributed by atoms with E-state index in [4.69, 9.17) is 19.4 Å². The van der Waals surface area contributed by atoms with Crippen molar-refractivity contribution in [2.75, 3.05) is 0 Å². The maximum atomic E-state index is 6.40. The average Bonchev–Trinajstić information content (AvgIpc) is 3.70. The molecule has 0 aliphatic carbocycles. The van der Waals surface area contributed by atoms with Gasteiger partial charge in [-0.05, 0) is 85.6 Å². The molecular formula is C55H35N3O. The molecule has 276 valence electrons. The third-order valence-electron chi connectivity index (χ3n) is 11.1. The van der Waals surface area contributed by atoms with Gasteiger partial charge in [-0.25, -0.2) is 15.0 Å². The topological polar surface area (TPSA) is 51.8 Å². The van der Waals surface area contributed by atoms with Crippen LogP contribution in [-0.4, -0.2) is 15.0 Å². The van der Waals surface area contributed by atoms with Gasteiger partial charge in [-0.3, -0.25) is 0 Å². The summed E-state index contributed by atoms with van der Waals surface area (Å²) >= 11 is 0. The fourth-order valence-corrected chi connectivity index (χ4v) is 8.08. The van der Waals surface area contributed by atoms with Crippen LogP contribution >= 0.6 is 0 Å². The van der Waals surface area contributed by atoms with Crippen LogP contribution in [0.25, 0.3) is 111 Å². The van der Waals surface area contributed by atoms with Gasteiger partial charge in [0, 0.05) is 27.5 Å². The molecule has 0 aliphatic rings. The van der Waals surface area contributed by atoms with E-state index >= 15 is 0 Å². The SMILES string of the molecule is c1ccc(-c2ccc(-c3nc(-c4ccc(-c5ccccc5)cc4)nc(-c4ccc5ccc(-c6cccc7oc8ccc(-c9ccccc9)cc8c67)cc5c4)n3)cc2)cc1. The zero-order valence-electron chi connectivity index (χ0n) is 32.0. The molecule has 4 heteroatoms. The van der Waals surface area contributed by atoms with Crippen LogP contribution in [0.3, 0.4) is 0 Å². The molecule has 0 fully saturated rings. The number of nitrogens with zero attached hydrogens (tertiary/aromatic N) is 3.